The van der Waals surface area contributed by atoms with Crippen molar-refractivity contribution in [2.75, 3.05) is 56.6 Å². The summed E-state index contributed by atoms with van der Waals surface area (Å²) in [5, 5.41) is 17.8. The van der Waals surface area contributed by atoms with Crippen LogP contribution in [-0.2, 0) is 5.54 Å². The Balaban J connectivity index is 1.29. The van der Waals surface area contributed by atoms with E-state index in [2.05, 4.69) is 81.9 Å². The lowest BCUT2D eigenvalue weighted by Gasteiger charge is -2.49. The van der Waals surface area contributed by atoms with E-state index in [0.29, 0.717) is 0 Å². The molecule has 1 saturated carbocycles. The molecule has 1 aliphatic carbocycles. The first kappa shape index (κ1) is 21.6. The second kappa shape index (κ2) is 8.63. The number of benzene rings is 1. The van der Waals surface area contributed by atoms with Gasteiger partial charge in [0.15, 0.2) is 6.35 Å². The molecule has 2 aromatic rings. The van der Waals surface area contributed by atoms with Gasteiger partial charge in [-0.05, 0) is 57.5 Å². The Morgan fingerprint density at radius 2 is 1.72 bits per heavy atom. The minimum Gasteiger partial charge on any atom is -0.361 e. The van der Waals surface area contributed by atoms with E-state index in [-0.39, 0.29) is 11.1 Å². The standard InChI is InChI=1S/C25H36N6O/c1-29(2)25(20-6-4-3-5-7-20)12-10-24(11-13-25)19-31(23(32)28-24)21-8-9-22(27-18-21)30-16-14-26-15-17-30/h3-9,18,23,26,28,32H,10-17,19H2,1-2H3. The summed E-state index contributed by atoms with van der Waals surface area (Å²) in [6, 6.07) is 15.1. The molecule has 1 unspecified atom stereocenters. The monoisotopic (exact) mass is 436 g/mol. The zero-order valence-electron chi connectivity index (χ0n) is 19.3. The lowest BCUT2D eigenvalue weighted by Crippen LogP contribution is -2.54. The van der Waals surface area contributed by atoms with Gasteiger partial charge in [0.05, 0.1) is 11.9 Å². The van der Waals surface area contributed by atoms with Gasteiger partial charge >= 0.3 is 0 Å². The second-order valence-electron chi connectivity index (χ2n) is 9.83. The summed E-state index contributed by atoms with van der Waals surface area (Å²) < 4.78 is 0. The molecule has 32 heavy (non-hydrogen) atoms. The van der Waals surface area contributed by atoms with E-state index in [1.807, 2.05) is 6.20 Å². The van der Waals surface area contributed by atoms with Crippen LogP contribution in [0.4, 0.5) is 11.5 Å². The molecule has 2 aliphatic heterocycles. The summed E-state index contributed by atoms with van der Waals surface area (Å²) in [5.74, 6) is 1.02. The third-order valence-electron chi connectivity index (χ3n) is 7.91. The zero-order valence-corrected chi connectivity index (χ0v) is 19.3. The fourth-order valence-corrected chi connectivity index (χ4v) is 5.86. The van der Waals surface area contributed by atoms with Gasteiger partial charge in [0, 0.05) is 43.8 Å². The van der Waals surface area contributed by atoms with Crippen LogP contribution in [0.5, 0.6) is 0 Å². The van der Waals surface area contributed by atoms with Crippen molar-refractivity contribution in [1.82, 2.24) is 20.5 Å². The molecule has 172 valence electrons. The molecule has 7 nitrogen and oxygen atoms in total. The van der Waals surface area contributed by atoms with Crippen LogP contribution in [0.2, 0.25) is 0 Å². The average Bonchev–Trinajstić information content (AvgIpc) is 3.16. The van der Waals surface area contributed by atoms with E-state index < -0.39 is 6.35 Å². The van der Waals surface area contributed by atoms with Crippen molar-refractivity contribution in [1.29, 1.82) is 0 Å². The summed E-state index contributed by atoms with van der Waals surface area (Å²) in [7, 11) is 4.39. The Kier molecular flexibility index (Phi) is 5.84. The molecule has 5 rings (SSSR count). The maximum absolute atomic E-state index is 10.9. The maximum atomic E-state index is 10.9. The number of nitrogens with zero attached hydrogens (tertiary/aromatic N) is 4. The van der Waals surface area contributed by atoms with Gasteiger partial charge in [-0.1, -0.05) is 30.3 Å². The van der Waals surface area contributed by atoms with Crippen molar-refractivity contribution in [2.45, 2.75) is 43.1 Å². The summed E-state index contributed by atoms with van der Waals surface area (Å²) in [4.78, 5) is 11.5. The van der Waals surface area contributed by atoms with E-state index in [9.17, 15) is 5.11 Å². The molecular formula is C25H36N6O. The van der Waals surface area contributed by atoms with Crippen LogP contribution in [0.25, 0.3) is 0 Å². The third kappa shape index (κ3) is 3.88. The van der Waals surface area contributed by atoms with Crippen LogP contribution in [0.15, 0.2) is 48.7 Å². The molecule has 0 amide bonds. The first-order valence-electron chi connectivity index (χ1n) is 11.9. The number of aliphatic hydroxyl groups excluding tert-OH is 1. The van der Waals surface area contributed by atoms with E-state index in [1.54, 1.807) is 0 Å². The highest BCUT2D eigenvalue weighted by molar-refractivity contribution is 5.52. The summed E-state index contributed by atoms with van der Waals surface area (Å²) in [5.41, 5.74) is 2.36. The van der Waals surface area contributed by atoms with Crippen LogP contribution >= 0.6 is 0 Å². The Hall–Kier alpha value is -2.19. The molecule has 0 radical (unpaired) electrons. The first-order chi connectivity index (χ1) is 15.5. The third-order valence-corrected chi connectivity index (χ3v) is 7.91. The van der Waals surface area contributed by atoms with Crippen LogP contribution in [0.3, 0.4) is 0 Å². The lowest BCUT2D eigenvalue weighted by atomic mass is 9.69. The van der Waals surface area contributed by atoms with Gasteiger partial charge in [-0.2, -0.15) is 0 Å². The number of pyridine rings is 1. The number of aromatic nitrogens is 1. The predicted octanol–water partition coefficient (Wildman–Crippen LogP) is 1.95. The molecule has 1 atom stereocenters. The molecule has 0 bridgehead atoms. The SMILES string of the molecule is CN(C)C1(c2ccccc2)CCC2(CC1)CN(c1ccc(N3CCNCC3)nc1)C(O)N2. The van der Waals surface area contributed by atoms with Gasteiger partial charge in [-0.25, -0.2) is 4.98 Å². The van der Waals surface area contributed by atoms with E-state index >= 15 is 0 Å². The molecule has 3 fully saturated rings. The molecule has 1 aromatic heterocycles. The average molecular weight is 437 g/mol. The molecule has 1 aromatic carbocycles. The summed E-state index contributed by atoms with van der Waals surface area (Å²) in [6.07, 6.45) is 5.43. The highest BCUT2D eigenvalue weighted by atomic mass is 16.3. The first-order valence-corrected chi connectivity index (χ1v) is 11.9. The Morgan fingerprint density at radius 1 is 1.00 bits per heavy atom. The van der Waals surface area contributed by atoms with Gasteiger partial charge in [0.25, 0.3) is 0 Å². The number of hydrogen-bond acceptors (Lipinski definition) is 7. The zero-order chi connectivity index (χ0) is 22.2. The van der Waals surface area contributed by atoms with E-state index in [1.165, 1.54) is 5.56 Å². The fraction of sp³-hybridized carbons (Fsp3) is 0.560. The predicted molar refractivity (Wildman–Crippen MR) is 129 cm³/mol. The molecule has 7 heteroatoms. The molecule has 2 saturated heterocycles. The maximum Gasteiger partial charge on any atom is 0.184 e. The van der Waals surface area contributed by atoms with Gasteiger partial charge in [0.1, 0.15) is 5.82 Å². The van der Waals surface area contributed by atoms with Crippen molar-refractivity contribution in [3.05, 3.63) is 54.2 Å². The smallest absolute Gasteiger partial charge is 0.184 e. The van der Waals surface area contributed by atoms with Crippen LogP contribution in [0.1, 0.15) is 31.2 Å². The number of hydrogen-bond donors (Lipinski definition) is 3. The highest BCUT2D eigenvalue weighted by Crippen LogP contribution is 2.46. The van der Waals surface area contributed by atoms with Gasteiger partial charge in [-0.15, -0.1) is 0 Å². The van der Waals surface area contributed by atoms with Crippen molar-refractivity contribution in [3.8, 4) is 0 Å². The van der Waals surface area contributed by atoms with Crippen molar-refractivity contribution in [2.24, 2.45) is 0 Å². The van der Waals surface area contributed by atoms with Crippen LogP contribution in [-0.4, -0.2) is 73.7 Å². The van der Waals surface area contributed by atoms with Gasteiger partial charge in [-0.3, -0.25) is 10.2 Å². The largest absolute Gasteiger partial charge is 0.361 e. The van der Waals surface area contributed by atoms with Crippen molar-refractivity contribution in [3.63, 3.8) is 0 Å². The van der Waals surface area contributed by atoms with Crippen LogP contribution in [0, 0.1) is 0 Å². The number of rotatable bonds is 4. The fourth-order valence-electron chi connectivity index (χ4n) is 5.86. The van der Waals surface area contributed by atoms with E-state index in [4.69, 9.17) is 4.98 Å². The number of aliphatic hydroxyl groups is 1. The molecule has 3 heterocycles. The minimum absolute atomic E-state index is 0.0546. The topological polar surface area (TPSA) is 66.9 Å². The molecule has 1 spiro atoms. The normalized spacial score (nSPS) is 30.9. The van der Waals surface area contributed by atoms with Gasteiger partial charge < -0.3 is 20.2 Å². The summed E-state index contributed by atoms with van der Waals surface area (Å²) in [6.45, 7) is 4.77. The molecule has 3 aliphatic rings. The Morgan fingerprint density at radius 3 is 2.34 bits per heavy atom. The minimum atomic E-state index is -0.676. The van der Waals surface area contributed by atoms with Crippen LogP contribution < -0.4 is 20.4 Å². The Labute approximate surface area is 191 Å². The van der Waals surface area contributed by atoms with Crippen molar-refractivity contribution < 1.29 is 5.11 Å². The quantitative estimate of drug-likeness (QED) is 0.677. The highest BCUT2D eigenvalue weighted by Gasteiger charge is 2.50. The van der Waals surface area contributed by atoms with E-state index in [0.717, 1.165) is 69.9 Å². The number of nitrogens with one attached hydrogen (secondary N) is 2. The van der Waals surface area contributed by atoms with Crippen molar-refractivity contribution >= 4 is 11.5 Å². The molecular weight excluding hydrogens is 400 g/mol. The van der Waals surface area contributed by atoms with Gasteiger partial charge in [0.2, 0.25) is 0 Å². The second-order valence-corrected chi connectivity index (χ2v) is 9.83. The Bertz CT molecular complexity index is 888. The lowest BCUT2D eigenvalue weighted by molar-refractivity contribution is 0.0513. The number of piperazine rings is 1. The summed E-state index contributed by atoms with van der Waals surface area (Å²) >= 11 is 0. The molecule has 3 N–H and O–H groups in total. The number of anilines is 2.